The number of hydrogen-bond donors (Lipinski definition) is 0. The molecule has 0 saturated carbocycles. The van der Waals surface area contributed by atoms with Crippen LogP contribution in [0.15, 0.2) is 34.2 Å². The fourth-order valence-electron chi connectivity index (χ4n) is 3.85. The summed E-state index contributed by atoms with van der Waals surface area (Å²) in [6.07, 6.45) is 0.718. The highest BCUT2D eigenvalue weighted by molar-refractivity contribution is 7.99. The van der Waals surface area contributed by atoms with Crippen molar-refractivity contribution in [3.05, 3.63) is 50.6 Å². The molecule has 4 heterocycles. The van der Waals surface area contributed by atoms with Gasteiger partial charge in [-0.1, -0.05) is 36.4 Å². The van der Waals surface area contributed by atoms with Crippen molar-refractivity contribution in [3.8, 4) is 5.69 Å². The van der Waals surface area contributed by atoms with Gasteiger partial charge >= 0.3 is 0 Å². The van der Waals surface area contributed by atoms with Gasteiger partial charge in [-0.05, 0) is 44.2 Å². The molecule has 5 rings (SSSR count). The van der Waals surface area contributed by atoms with Crippen LogP contribution in [-0.4, -0.2) is 30.5 Å². The normalized spacial score (nSPS) is 15.9. The lowest BCUT2D eigenvalue weighted by atomic mass is 9.94. The third-order valence-corrected chi connectivity index (χ3v) is 7.27. The van der Waals surface area contributed by atoms with Crippen LogP contribution in [0.1, 0.15) is 36.8 Å². The van der Waals surface area contributed by atoms with Crippen molar-refractivity contribution in [1.82, 2.24) is 19.2 Å². The maximum absolute atomic E-state index is 13.8. The molecule has 0 amide bonds. The predicted octanol–water partition coefficient (Wildman–Crippen LogP) is 4.37. The van der Waals surface area contributed by atoms with Gasteiger partial charge in [0.05, 0.1) is 23.3 Å². The summed E-state index contributed by atoms with van der Waals surface area (Å²) in [5.74, 6) is 1.44. The lowest BCUT2D eigenvalue weighted by Crippen LogP contribution is -2.32. The van der Waals surface area contributed by atoms with E-state index in [-0.39, 0.29) is 11.2 Å². The van der Waals surface area contributed by atoms with E-state index in [1.54, 1.807) is 27.7 Å². The van der Waals surface area contributed by atoms with Crippen molar-refractivity contribution < 1.29 is 4.74 Å². The summed E-state index contributed by atoms with van der Waals surface area (Å²) in [6, 6.07) is 7.96. The van der Waals surface area contributed by atoms with Crippen LogP contribution in [0.25, 0.3) is 21.7 Å². The Morgan fingerprint density at radius 1 is 1.24 bits per heavy atom. The number of fused-ring (bicyclic) bond motifs is 5. The van der Waals surface area contributed by atoms with E-state index in [9.17, 15) is 4.79 Å². The topological polar surface area (TPSA) is 61.4 Å². The minimum atomic E-state index is -0.286. The molecule has 0 bridgehead atoms. The number of thiophene rings is 1. The van der Waals surface area contributed by atoms with Gasteiger partial charge in [0.1, 0.15) is 4.83 Å². The van der Waals surface area contributed by atoms with Gasteiger partial charge in [-0.25, -0.2) is 8.97 Å². The monoisotopic (exact) mass is 426 g/mol. The summed E-state index contributed by atoms with van der Waals surface area (Å²) < 4.78 is 9.76. The summed E-state index contributed by atoms with van der Waals surface area (Å²) in [6.45, 7) is 8.82. The molecule has 8 heteroatoms. The quantitative estimate of drug-likeness (QED) is 0.455. The van der Waals surface area contributed by atoms with Gasteiger partial charge in [0.15, 0.2) is 5.16 Å². The Hall–Kier alpha value is -2.16. The highest BCUT2D eigenvalue weighted by atomic mass is 32.2. The van der Waals surface area contributed by atoms with Crippen LogP contribution in [0, 0.1) is 6.92 Å². The van der Waals surface area contributed by atoms with Crippen LogP contribution in [0.5, 0.6) is 0 Å². The zero-order chi connectivity index (χ0) is 20.3. The average molecular weight is 427 g/mol. The molecule has 6 nitrogen and oxygen atoms in total. The van der Waals surface area contributed by atoms with E-state index in [1.807, 2.05) is 35.6 Å². The Morgan fingerprint density at radius 2 is 2.00 bits per heavy atom. The van der Waals surface area contributed by atoms with Crippen molar-refractivity contribution >= 4 is 39.1 Å². The Labute approximate surface area is 176 Å². The molecule has 3 aromatic heterocycles. The minimum Gasteiger partial charge on any atom is -0.370 e. The molecule has 0 radical (unpaired) electrons. The maximum atomic E-state index is 13.8. The number of nitrogens with zero attached hydrogens (tertiary/aromatic N) is 4. The zero-order valence-corrected chi connectivity index (χ0v) is 18.5. The van der Waals surface area contributed by atoms with E-state index < -0.39 is 0 Å². The molecule has 150 valence electrons. The summed E-state index contributed by atoms with van der Waals surface area (Å²) in [5, 5.41) is 10.4. The average Bonchev–Trinajstić information content (AvgIpc) is 3.24. The number of ether oxygens (including phenoxy) is 1. The number of aryl methyl sites for hydroxylation is 1. The van der Waals surface area contributed by atoms with E-state index in [0.29, 0.717) is 12.4 Å². The third kappa shape index (κ3) is 2.93. The fraction of sp³-hybridized carbons (Fsp3) is 0.381. The molecular formula is C21H22N4O2S2. The van der Waals surface area contributed by atoms with Crippen molar-refractivity contribution in [2.45, 2.75) is 51.5 Å². The van der Waals surface area contributed by atoms with Crippen molar-refractivity contribution in [1.29, 1.82) is 0 Å². The van der Waals surface area contributed by atoms with Gasteiger partial charge in [-0.2, -0.15) is 0 Å². The molecule has 1 aromatic carbocycles. The Kier molecular flexibility index (Phi) is 4.34. The molecule has 0 spiro atoms. The first-order chi connectivity index (χ1) is 13.9. The van der Waals surface area contributed by atoms with E-state index in [2.05, 4.69) is 31.0 Å². The summed E-state index contributed by atoms with van der Waals surface area (Å²) in [4.78, 5) is 15.8. The fourth-order valence-corrected chi connectivity index (χ4v) is 5.79. The van der Waals surface area contributed by atoms with Gasteiger partial charge in [-0.15, -0.1) is 21.5 Å². The van der Waals surface area contributed by atoms with Crippen LogP contribution < -0.4 is 5.56 Å². The van der Waals surface area contributed by atoms with E-state index in [1.165, 1.54) is 0 Å². The lowest BCUT2D eigenvalue weighted by Gasteiger charge is -2.29. The predicted molar refractivity (Wildman–Crippen MR) is 118 cm³/mol. The molecule has 4 aromatic rings. The maximum Gasteiger partial charge on any atom is 0.268 e. The molecule has 0 saturated heterocycles. The summed E-state index contributed by atoms with van der Waals surface area (Å²) >= 11 is 3.26. The molecule has 0 atom stereocenters. The van der Waals surface area contributed by atoms with Crippen LogP contribution in [0.2, 0.25) is 0 Å². The first-order valence-corrected chi connectivity index (χ1v) is 11.5. The van der Waals surface area contributed by atoms with Crippen LogP contribution in [0.3, 0.4) is 0 Å². The third-order valence-electron chi connectivity index (χ3n) is 5.27. The molecular weight excluding hydrogens is 404 g/mol. The van der Waals surface area contributed by atoms with Crippen LogP contribution in [-0.2, 0) is 17.8 Å². The number of benzene rings is 1. The van der Waals surface area contributed by atoms with E-state index in [4.69, 9.17) is 4.74 Å². The molecule has 1 aliphatic heterocycles. The summed E-state index contributed by atoms with van der Waals surface area (Å²) in [5.41, 5.74) is 2.74. The minimum absolute atomic E-state index is 0.0352. The number of hydrogen-bond acceptors (Lipinski definition) is 6. The van der Waals surface area contributed by atoms with E-state index in [0.717, 1.165) is 49.2 Å². The molecule has 0 aliphatic carbocycles. The molecule has 0 fully saturated rings. The van der Waals surface area contributed by atoms with Gasteiger partial charge in [0.25, 0.3) is 5.56 Å². The van der Waals surface area contributed by atoms with Crippen molar-refractivity contribution in [2.75, 3.05) is 5.75 Å². The van der Waals surface area contributed by atoms with Gasteiger partial charge in [0.2, 0.25) is 5.78 Å². The standard InChI is InChI=1S/C21H22N4O2S2/c1-5-28-20-23-22-19-24(13-8-6-12(2)7-9-13)17(26)16-14-10-21(3,4)27-11-15(14)29-18(16)25(19)20/h6-9H,5,10-11H2,1-4H3. The van der Waals surface area contributed by atoms with Crippen molar-refractivity contribution in [2.24, 2.45) is 0 Å². The van der Waals surface area contributed by atoms with Crippen LogP contribution >= 0.6 is 23.1 Å². The summed E-state index contributed by atoms with van der Waals surface area (Å²) in [7, 11) is 0. The Bertz CT molecular complexity index is 1300. The smallest absolute Gasteiger partial charge is 0.268 e. The molecule has 1 aliphatic rings. The number of rotatable bonds is 3. The van der Waals surface area contributed by atoms with Gasteiger partial charge in [0, 0.05) is 11.3 Å². The second-order valence-corrected chi connectivity index (χ2v) is 10.3. The SMILES string of the molecule is CCSc1nnc2n(-c3ccc(C)cc3)c(=O)c3c4c(sc3n12)COC(C)(C)C4. The Balaban J connectivity index is 1.92. The first-order valence-electron chi connectivity index (χ1n) is 9.68. The second-order valence-electron chi connectivity index (χ2n) is 7.94. The second kappa shape index (κ2) is 6.68. The lowest BCUT2D eigenvalue weighted by molar-refractivity contribution is -0.0379. The van der Waals surface area contributed by atoms with Gasteiger partial charge < -0.3 is 4.74 Å². The largest absolute Gasteiger partial charge is 0.370 e. The Morgan fingerprint density at radius 3 is 2.72 bits per heavy atom. The number of thioether (sulfide) groups is 1. The molecule has 0 unspecified atom stereocenters. The molecule has 0 N–H and O–H groups in total. The first kappa shape index (κ1) is 18.8. The molecule has 29 heavy (non-hydrogen) atoms. The van der Waals surface area contributed by atoms with Crippen molar-refractivity contribution in [3.63, 3.8) is 0 Å². The number of aromatic nitrogens is 4. The van der Waals surface area contributed by atoms with E-state index >= 15 is 0 Å². The van der Waals surface area contributed by atoms with Gasteiger partial charge in [-0.3, -0.25) is 4.79 Å². The highest BCUT2D eigenvalue weighted by Gasteiger charge is 2.32. The highest BCUT2D eigenvalue weighted by Crippen LogP contribution is 2.39. The van der Waals surface area contributed by atoms with Crippen LogP contribution in [0.4, 0.5) is 0 Å². The zero-order valence-electron chi connectivity index (χ0n) is 16.9.